The maximum absolute atomic E-state index is 13.1. The molecule has 0 saturated carbocycles. The van der Waals surface area contributed by atoms with Gasteiger partial charge in [-0.2, -0.15) is 0 Å². The van der Waals surface area contributed by atoms with Gasteiger partial charge in [0.1, 0.15) is 5.16 Å². The van der Waals surface area contributed by atoms with Crippen molar-refractivity contribution < 1.29 is 9.53 Å². The molecule has 2 aromatic rings. The Hall–Kier alpha value is -1.82. The molecule has 0 unspecified atom stereocenters. The van der Waals surface area contributed by atoms with Gasteiger partial charge in [-0.1, -0.05) is 57.9 Å². The van der Waals surface area contributed by atoms with E-state index in [2.05, 4.69) is 32.2 Å². The van der Waals surface area contributed by atoms with E-state index in [1.165, 1.54) is 5.56 Å². The lowest BCUT2D eigenvalue weighted by atomic mass is 9.99. The molecule has 1 amide bonds. The molecular weight excluding hydrogens is 452 g/mol. The largest absolute Gasteiger partial charge is 0.381 e. The summed E-state index contributed by atoms with van der Waals surface area (Å²) in [5.74, 6) is 0.479. The molecule has 0 aliphatic carbocycles. The van der Waals surface area contributed by atoms with E-state index in [4.69, 9.17) is 16.3 Å². The second kappa shape index (κ2) is 9.33. The summed E-state index contributed by atoms with van der Waals surface area (Å²) in [6, 6.07) is 11.9. The van der Waals surface area contributed by atoms with Crippen LogP contribution in [0.5, 0.6) is 0 Å². The third-order valence-corrected chi connectivity index (χ3v) is 6.55. The van der Waals surface area contributed by atoms with Crippen molar-refractivity contribution >= 4 is 44.2 Å². The average molecular weight is 476 g/mol. The van der Waals surface area contributed by atoms with Gasteiger partial charge in [0.2, 0.25) is 0 Å². The highest BCUT2D eigenvalue weighted by atomic mass is 79.9. The van der Waals surface area contributed by atoms with Gasteiger partial charge in [0.05, 0.1) is 6.54 Å². The molecule has 0 aromatic heterocycles. The first-order chi connectivity index (χ1) is 14.2. The van der Waals surface area contributed by atoms with Crippen molar-refractivity contribution in [3.05, 3.63) is 70.5 Å². The van der Waals surface area contributed by atoms with Gasteiger partial charge in [0, 0.05) is 36.3 Å². The Morgan fingerprint density at radius 1 is 1.14 bits per heavy atom. The van der Waals surface area contributed by atoms with Crippen molar-refractivity contribution in [2.75, 3.05) is 26.3 Å². The number of alkyl halides is 1. The molecule has 152 valence electrons. The zero-order valence-electron chi connectivity index (χ0n) is 16.2. The summed E-state index contributed by atoms with van der Waals surface area (Å²) in [5.41, 5.74) is 2.72. The molecule has 1 fully saturated rings. The molecular formula is C23H24BrClN2O2. The van der Waals surface area contributed by atoms with E-state index >= 15 is 0 Å². The molecule has 6 heteroatoms. The summed E-state index contributed by atoms with van der Waals surface area (Å²) in [5, 5.41) is 6.63. The predicted octanol–water partition coefficient (Wildman–Crippen LogP) is 5.17. The SMILES string of the molecule is O=C(NC1=CC=C(Cl)N(CC2CCOCC2)C1)c1ccc(CBr)c2ccccc12. The summed E-state index contributed by atoms with van der Waals surface area (Å²) in [4.78, 5) is 15.2. The van der Waals surface area contributed by atoms with Crippen LogP contribution in [-0.4, -0.2) is 37.1 Å². The number of allylic oxidation sites excluding steroid dienone is 2. The lowest BCUT2D eigenvalue weighted by Gasteiger charge is -2.33. The molecule has 2 heterocycles. The van der Waals surface area contributed by atoms with Crippen molar-refractivity contribution in [1.29, 1.82) is 0 Å². The maximum atomic E-state index is 13.1. The number of ether oxygens (including phenoxy) is 1. The minimum atomic E-state index is -0.0917. The average Bonchev–Trinajstić information content (AvgIpc) is 2.76. The van der Waals surface area contributed by atoms with Crippen LogP contribution in [0.3, 0.4) is 0 Å². The predicted molar refractivity (Wildman–Crippen MR) is 121 cm³/mol. The highest BCUT2D eigenvalue weighted by Crippen LogP contribution is 2.26. The molecule has 0 spiro atoms. The number of hydrogen-bond donors (Lipinski definition) is 1. The lowest BCUT2D eigenvalue weighted by Crippen LogP contribution is -2.37. The second-order valence-electron chi connectivity index (χ2n) is 7.52. The third-order valence-electron chi connectivity index (χ3n) is 5.58. The van der Waals surface area contributed by atoms with Crippen LogP contribution in [0.2, 0.25) is 0 Å². The molecule has 0 bridgehead atoms. The van der Waals surface area contributed by atoms with Gasteiger partial charge < -0.3 is 15.0 Å². The fourth-order valence-corrected chi connectivity index (χ4v) is 4.65. The number of nitrogens with zero attached hydrogens (tertiary/aromatic N) is 1. The van der Waals surface area contributed by atoms with Gasteiger partial charge in [0.25, 0.3) is 5.91 Å². The number of rotatable bonds is 5. The molecule has 1 N–H and O–H groups in total. The van der Waals surface area contributed by atoms with Gasteiger partial charge in [-0.25, -0.2) is 0 Å². The monoisotopic (exact) mass is 474 g/mol. The molecule has 4 nitrogen and oxygen atoms in total. The summed E-state index contributed by atoms with van der Waals surface area (Å²) < 4.78 is 5.45. The number of nitrogens with one attached hydrogen (secondary N) is 1. The summed E-state index contributed by atoms with van der Waals surface area (Å²) in [6.45, 7) is 3.12. The number of hydrogen-bond acceptors (Lipinski definition) is 3. The minimum absolute atomic E-state index is 0.0917. The highest BCUT2D eigenvalue weighted by molar-refractivity contribution is 9.08. The van der Waals surface area contributed by atoms with Gasteiger partial charge in [-0.15, -0.1) is 0 Å². The quantitative estimate of drug-likeness (QED) is 0.479. The number of amides is 1. The Kier molecular flexibility index (Phi) is 6.58. The molecule has 2 aliphatic rings. The first-order valence-electron chi connectivity index (χ1n) is 9.92. The molecule has 0 atom stereocenters. The Morgan fingerprint density at radius 3 is 2.66 bits per heavy atom. The van der Waals surface area contributed by atoms with Gasteiger partial charge in [0.15, 0.2) is 0 Å². The van der Waals surface area contributed by atoms with Crippen LogP contribution in [0.1, 0.15) is 28.8 Å². The van der Waals surface area contributed by atoms with E-state index in [0.29, 0.717) is 18.0 Å². The van der Waals surface area contributed by atoms with Crippen LogP contribution in [0.4, 0.5) is 0 Å². The first kappa shape index (κ1) is 20.5. The molecule has 0 radical (unpaired) electrons. The van der Waals surface area contributed by atoms with Gasteiger partial charge >= 0.3 is 0 Å². The number of carbonyl (C=O) groups excluding carboxylic acids is 1. The van der Waals surface area contributed by atoms with Crippen LogP contribution < -0.4 is 5.32 Å². The fraction of sp³-hybridized carbons (Fsp3) is 0.348. The van der Waals surface area contributed by atoms with Crippen molar-refractivity contribution in [2.45, 2.75) is 18.2 Å². The number of carbonyl (C=O) groups is 1. The fourth-order valence-electron chi connectivity index (χ4n) is 3.97. The molecule has 2 aromatic carbocycles. The molecule has 4 rings (SSSR count). The topological polar surface area (TPSA) is 41.6 Å². The summed E-state index contributed by atoms with van der Waals surface area (Å²) in [6.07, 6.45) is 5.87. The number of fused-ring (bicyclic) bond motifs is 1. The minimum Gasteiger partial charge on any atom is -0.381 e. The maximum Gasteiger partial charge on any atom is 0.256 e. The van der Waals surface area contributed by atoms with Crippen LogP contribution in [0, 0.1) is 5.92 Å². The number of benzene rings is 2. The normalized spacial score (nSPS) is 17.8. The van der Waals surface area contributed by atoms with E-state index < -0.39 is 0 Å². The first-order valence-corrected chi connectivity index (χ1v) is 11.4. The molecule has 29 heavy (non-hydrogen) atoms. The lowest BCUT2D eigenvalue weighted by molar-refractivity contribution is 0.0578. The smallest absolute Gasteiger partial charge is 0.256 e. The Morgan fingerprint density at radius 2 is 1.90 bits per heavy atom. The van der Waals surface area contributed by atoms with E-state index in [1.807, 2.05) is 42.5 Å². The van der Waals surface area contributed by atoms with Crippen molar-refractivity contribution in [3.8, 4) is 0 Å². The third kappa shape index (κ3) is 4.68. The van der Waals surface area contributed by atoms with E-state index in [1.54, 1.807) is 0 Å². The van der Waals surface area contributed by atoms with Crippen LogP contribution in [0.25, 0.3) is 10.8 Å². The standard InChI is InChI=1S/C23H24BrClN2O2/c24-13-17-5-7-21(20-4-2-1-3-19(17)20)23(28)26-18-6-8-22(25)27(15-18)14-16-9-11-29-12-10-16/h1-8,16H,9-15H2,(H,26,28). The highest BCUT2D eigenvalue weighted by Gasteiger charge is 2.22. The zero-order chi connectivity index (χ0) is 20.2. The van der Waals surface area contributed by atoms with Crippen molar-refractivity contribution in [3.63, 3.8) is 0 Å². The van der Waals surface area contributed by atoms with E-state index in [-0.39, 0.29) is 5.91 Å². The van der Waals surface area contributed by atoms with Gasteiger partial charge in [-0.05, 0) is 53.3 Å². The summed E-state index contributed by atoms with van der Waals surface area (Å²) in [7, 11) is 0. The number of halogens is 2. The summed E-state index contributed by atoms with van der Waals surface area (Å²) >= 11 is 9.96. The van der Waals surface area contributed by atoms with Crippen LogP contribution in [0.15, 0.2) is 59.4 Å². The van der Waals surface area contributed by atoms with Crippen molar-refractivity contribution in [1.82, 2.24) is 10.2 Å². The van der Waals surface area contributed by atoms with Gasteiger partial charge in [-0.3, -0.25) is 4.79 Å². The Bertz CT molecular complexity index is 967. The molecule has 2 aliphatic heterocycles. The van der Waals surface area contributed by atoms with Crippen LogP contribution >= 0.6 is 27.5 Å². The van der Waals surface area contributed by atoms with E-state index in [0.717, 1.165) is 59.6 Å². The zero-order valence-corrected chi connectivity index (χ0v) is 18.5. The van der Waals surface area contributed by atoms with E-state index in [9.17, 15) is 4.79 Å². The Labute approximate surface area is 184 Å². The van der Waals surface area contributed by atoms with Crippen molar-refractivity contribution in [2.24, 2.45) is 5.92 Å². The van der Waals surface area contributed by atoms with Crippen LogP contribution in [-0.2, 0) is 10.1 Å². The molecule has 1 saturated heterocycles. The second-order valence-corrected chi connectivity index (χ2v) is 8.47. The Balaban J connectivity index is 1.49.